The zero-order valence-corrected chi connectivity index (χ0v) is 18.7. The Labute approximate surface area is 188 Å². The maximum absolute atomic E-state index is 13.1. The van der Waals surface area contributed by atoms with E-state index in [1.165, 1.54) is 30.7 Å². The summed E-state index contributed by atoms with van der Waals surface area (Å²) in [7, 11) is -1.76. The Morgan fingerprint density at radius 2 is 1.56 bits per heavy atom. The van der Waals surface area contributed by atoms with Crippen LogP contribution >= 0.6 is 8.53 Å². The number of non-ortho nitro benzene ring substituents is 1. The monoisotopic (exact) mass is 458 g/mol. The summed E-state index contributed by atoms with van der Waals surface area (Å²) in [5.74, 6) is 0.774. The lowest BCUT2D eigenvalue weighted by Crippen LogP contribution is -2.57. The highest BCUT2D eigenvalue weighted by Gasteiger charge is 2.49. The fourth-order valence-corrected chi connectivity index (χ4v) is 5.30. The molecule has 0 radical (unpaired) electrons. The van der Waals surface area contributed by atoms with E-state index in [1.807, 2.05) is 30.3 Å². The number of benzene rings is 2. The van der Waals surface area contributed by atoms with E-state index >= 15 is 0 Å². The molecule has 2 saturated carbocycles. The molecule has 9 heteroatoms. The highest BCUT2D eigenvalue weighted by atomic mass is 31.2. The van der Waals surface area contributed by atoms with E-state index in [4.69, 9.17) is 13.8 Å². The van der Waals surface area contributed by atoms with Crippen LogP contribution in [0.3, 0.4) is 0 Å². The van der Waals surface area contributed by atoms with E-state index in [2.05, 4.69) is 5.09 Å². The van der Waals surface area contributed by atoms with Gasteiger partial charge in [0, 0.05) is 12.1 Å². The van der Waals surface area contributed by atoms with Gasteiger partial charge in [-0.05, 0) is 69.2 Å². The SMILES string of the molecule is O=C(OC1CCCCC1)C1(NP(Oc2ccccc2)Oc2ccc([N+](=O)[O-])cc2)CCC1. The number of para-hydroxylation sites is 1. The minimum Gasteiger partial charge on any atom is -0.461 e. The molecule has 0 bridgehead atoms. The van der Waals surface area contributed by atoms with Crippen LogP contribution in [-0.4, -0.2) is 22.5 Å². The van der Waals surface area contributed by atoms with Crippen molar-refractivity contribution in [3.8, 4) is 11.5 Å². The van der Waals surface area contributed by atoms with E-state index in [-0.39, 0.29) is 17.8 Å². The first-order chi connectivity index (χ1) is 15.5. The van der Waals surface area contributed by atoms with E-state index in [0.717, 1.165) is 32.1 Å². The van der Waals surface area contributed by atoms with E-state index in [9.17, 15) is 14.9 Å². The maximum Gasteiger partial charge on any atom is 0.382 e. The summed E-state index contributed by atoms with van der Waals surface area (Å²) in [5.41, 5.74) is -0.858. The Balaban J connectivity index is 1.49. The van der Waals surface area contributed by atoms with E-state index < -0.39 is 19.0 Å². The first-order valence-corrected chi connectivity index (χ1v) is 12.2. The molecule has 1 atom stereocenters. The molecule has 1 N–H and O–H groups in total. The number of esters is 1. The zero-order chi connectivity index (χ0) is 22.4. The van der Waals surface area contributed by atoms with Crippen LogP contribution in [0.4, 0.5) is 5.69 Å². The van der Waals surface area contributed by atoms with Gasteiger partial charge < -0.3 is 13.8 Å². The average Bonchev–Trinajstić information content (AvgIpc) is 2.78. The number of nitrogens with zero attached hydrogens (tertiary/aromatic N) is 1. The maximum atomic E-state index is 13.1. The molecule has 2 aromatic carbocycles. The van der Waals surface area contributed by atoms with Crippen LogP contribution in [0.25, 0.3) is 0 Å². The minimum atomic E-state index is -1.76. The van der Waals surface area contributed by atoms with Crippen LogP contribution in [0.5, 0.6) is 11.5 Å². The van der Waals surface area contributed by atoms with Gasteiger partial charge in [0.1, 0.15) is 23.1 Å². The smallest absolute Gasteiger partial charge is 0.382 e. The average molecular weight is 458 g/mol. The number of nitrogens with one attached hydrogen (secondary N) is 1. The molecule has 0 aliphatic heterocycles. The first-order valence-electron chi connectivity index (χ1n) is 11.0. The molecule has 0 aromatic heterocycles. The van der Waals surface area contributed by atoms with Gasteiger partial charge >= 0.3 is 14.5 Å². The van der Waals surface area contributed by atoms with Crippen LogP contribution in [0.1, 0.15) is 51.4 Å². The summed E-state index contributed by atoms with van der Waals surface area (Å²) in [6, 6.07) is 15.0. The number of hydrogen-bond donors (Lipinski definition) is 1. The third-order valence-electron chi connectivity index (χ3n) is 5.90. The molecule has 0 spiro atoms. The van der Waals surface area contributed by atoms with Crippen LogP contribution in [0, 0.1) is 10.1 Å². The molecule has 2 aromatic rings. The molecule has 1 unspecified atom stereocenters. The summed E-state index contributed by atoms with van der Waals surface area (Å²) in [6.07, 6.45) is 7.39. The second-order valence-corrected chi connectivity index (χ2v) is 9.32. The fraction of sp³-hybridized carbons (Fsp3) is 0.435. The van der Waals surface area contributed by atoms with Gasteiger partial charge in [0.2, 0.25) is 0 Å². The molecule has 8 nitrogen and oxygen atoms in total. The molecule has 0 saturated heterocycles. The third-order valence-corrected chi connectivity index (χ3v) is 7.26. The zero-order valence-electron chi connectivity index (χ0n) is 17.8. The largest absolute Gasteiger partial charge is 0.461 e. The van der Waals surface area contributed by atoms with Crippen LogP contribution in [-0.2, 0) is 9.53 Å². The highest BCUT2D eigenvalue weighted by Crippen LogP contribution is 2.45. The van der Waals surface area contributed by atoms with Gasteiger partial charge in [-0.3, -0.25) is 14.9 Å². The summed E-state index contributed by atoms with van der Waals surface area (Å²) in [5, 5.41) is 14.2. The van der Waals surface area contributed by atoms with Crippen LogP contribution < -0.4 is 14.1 Å². The Morgan fingerprint density at radius 3 is 2.12 bits per heavy atom. The standard InChI is InChI=1S/C23H27N2O6P/c26-22(29-19-8-3-1-4-9-19)23(16-7-17-23)24-32(30-20-10-5-2-6-11-20)31-21-14-12-18(13-15-21)25(27)28/h2,5-6,10-15,19,24H,1,3-4,7-9,16-17H2. The van der Waals surface area contributed by atoms with Gasteiger partial charge in [-0.25, -0.2) is 5.09 Å². The van der Waals surface area contributed by atoms with Crippen molar-refractivity contribution in [1.29, 1.82) is 0 Å². The van der Waals surface area contributed by atoms with Crippen molar-refractivity contribution in [2.45, 2.75) is 63.0 Å². The molecule has 0 heterocycles. The summed E-state index contributed by atoms with van der Waals surface area (Å²) < 4.78 is 17.9. The van der Waals surface area contributed by atoms with Crippen molar-refractivity contribution < 1.29 is 23.5 Å². The van der Waals surface area contributed by atoms with Gasteiger partial charge in [-0.15, -0.1) is 0 Å². The minimum absolute atomic E-state index is 0.0209. The molecule has 2 aliphatic carbocycles. The molecule has 2 aliphatic rings. The Hall–Kier alpha value is -2.70. The fourth-order valence-electron chi connectivity index (χ4n) is 3.88. The second-order valence-electron chi connectivity index (χ2n) is 8.22. The number of nitro benzene ring substituents is 1. The first kappa shape index (κ1) is 22.5. The lowest BCUT2D eigenvalue weighted by atomic mass is 9.77. The Bertz CT molecular complexity index is 914. The molecular formula is C23H27N2O6P. The lowest BCUT2D eigenvalue weighted by molar-refractivity contribution is -0.384. The van der Waals surface area contributed by atoms with Gasteiger partial charge in [0.05, 0.1) is 4.92 Å². The number of rotatable bonds is 9. The summed E-state index contributed by atoms with van der Waals surface area (Å²) >= 11 is 0. The van der Waals surface area contributed by atoms with Crippen LogP contribution in [0.15, 0.2) is 54.6 Å². The van der Waals surface area contributed by atoms with Crippen molar-refractivity contribution in [3.05, 3.63) is 64.7 Å². The predicted molar refractivity (Wildman–Crippen MR) is 120 cm³/mol. The van der Waals surface area contributed by atoms with Crippen molar-refractivity contribution in [1.82, 2.24) is 5.09 Å². The Kier molecular flexibility index (Phi) is 7.22. The summed E-state index contributed by atoms with van der Waals surface area (Å²) in [4.78, 5) is 23.6. The molecule has 170 valence electrons. The van der Waals surface area contributed by atoms with Gasteiger partial charge in [-0.1, -0.05) is 24.6 Å². The van der Waals surface area contributed by atoms with Gasteiger partial charge in [0.15, 0.2) is 0 Å². The molecule has 4 rings (SSSR count). The van der Waals surface area contributed by atoms with Crippen LogP contribution in [0.2, 0.25) is 0 Å². The lowest BCUT2D eigenvalue weighted by Gasteiger charge is -2.42. The van der Waals surface area contributed by atoms with Crippen molar-refractivity contribution in [3.63, 3.8) is 0 Å². The molecule has 2 fully saturated rings. The number of ether oxygens (including phenoxy) is 1. The second kappa shape index (κ2) is 10.3. The molecular weight excluding hydrogens is 431 g/mol. The number of hydrogen-bond acceptors (Lipinski definition) is 7. The molecule has 32 heavy (non-hydrogen) atoms. The third kappa shape index (κ3) is 5.56. The van der Waals surface area contributed by atoms with E-state index in [0.29, 0.717) is 24.3 Å². The van der Waals surface area contributed by atoms with Gasteiger partial charge in [0.25, 0.3) is 5.69 Å². The number of carbonyl (C=O) groups is 1. The van der Waals surface area contributed by atoms with Crippen molar-refractivity contribution in [2.75, 3.05) is 0 Å². The normalized spacial score (nSPS) is 18.8. The van der Waals surface area contributed by atoms with Gasteiger partial charge in [-0.2, -0.15) is 0 Å². The molecule has 0 amide bonds. The Morgan fingerprint density at radius 1 is 0.938 bits per heavy atom. The quantitative estimate of drug-likeness (QED) is 0.224. The predicted octanol–water partition coefficient (Wildman–Crippen LogP) is 5.67. The topological polar surface area (TPSA) is 99.9 Å². The summed E-state index contributed by atoms with van der Waals surface area (Å²) in [6.45, 7) is 0. The number of nitro groups is 1. The highest BCUT2D eigenvalue weighted by molar-refractivity contribution is 7.46. The number of carbonyl (C=O) groups excluding carboxylic acids is 1. The van der Waals surface area contributed by atoms with Crippen molar-refractivity contribution in [2.24, 2.45) is 0 Å². The van der Waals surface area contributed by atoms with Crippen molar-refractivity contribution >= 4 is 20.2 Å². The van der Waals surface area contributed by atoms with E-state index in [1.54, 1.807) is 0 Å².